The third kappa shape index (κ3) is 8.69. The van der Waals surface area contributed by atoms with Crippen molar-refractivity contribution in [2.24, 2.45) is 28.6 Å². The van der Waals surface area contributed by atoms with E-state index in [2.05, 4.69) is 13.8 Å². The number of unbranched alkanes of at least 4 members (excludes halogenated alkanes) is 14. The van der Waals surface area contributed by atoms with E-state index in [4.69, 9.17) is 4.74 Å². The molecule has 4 aliphatic carbocycles. The number of esters is 1. The summed E-state index contributed by atoms with van der Waals surface area (Å²) in [7, 11) is 0. The Labute approximate surface area is 298 Å². The topological polar surface area (TPSA) is 101 Å². The largest absolute Gasteiger partial charge is 2.00 e. The van der Waals surface area contributed by atoms with Crippen molar-refractivity contribution >= 4 is 40.6 Å². The molecule has 0 amide bonds. The van der Waals surface area contributed by atoms with Crippen LogP contribution < -0.4 is 0 Å². The smallest absolute Gasteiger partial charge is 1.00 e. The van der Waals surface area contributed by atoms with Crippen LogP contribution in [0.2, 0.25) is 0 Å². The number of allylic oxidation sites excluding steroid dienone is 1. The SMILES string of the molecule is CCCCCCCCCCCCCCCCCC(=O)O[C@]1(C(=O)CO)CC[C@H]2[C@@H]3CCC4=CC(=O)CC[C@]4(C)[C@H]3[C@@H](O)C[C@@]21C.[H-].[H-].[Mg+2]. The van der Waals surface area contributed by atoms with Crippen molar-refractivity contribution in [1.29, 1.82) is 0 Å². The number of ketones is 2. The molecular formula is C39H66MgO6. The van der Waals surface area contributed by atoms with E-state index < -0.39 is 29.5 Å². The van der Waals surface area contributed by atoms with E-state index in [0.29, 0.717) is 19.3 Å². The number of aliphatic hydroxyl groups excluding tert-OH is 2. The molecule has 7 atom stereocenters. The van der Waals surface area contributed by atoms with Crippen molar-refractivity contribution in [3.05, 3.63) is 11.6 Å². The van der Waals surface area contributed by atoms with Crippen molar-refractivity contribution in [1.82, 2.24) is 0 Å². The van der Waals surface area contributed by atoms with Crippen molar-refractivity contribution in [3.8, 4) is 0 Å². The molecule has 2 N–H and O–H groups in total. The molecule has 0 aromatic carbocycles. The van der Waals surface area contributed by atoms with E-state index in [9.17, 15) is 24.6 Å². The Balaban J connectivity index is 0.00000384. The van der Waals surface area contributed by atoms with Gasteiger partial charge in [0.05, 0.1) is 6.10 Å². The summed E-state index contributed by atoms with van der Waals surface area (Å²) >= 11 is 0. The Kier molecular flexibility index (Phi) is 15.8. The minimum absolute atomic E-state index is 0. The Morgan fingerprint density at radius 2 is 1.43 bits per heavy atom. The van der Waals surface area contributed by atoms with Gasteiger partial charge in [-0.05, 0) is 74.2 Å². The molecule has 0 aromatic heterocycles. The normalized spacial score (nSPS) is 33.3. The zero-order valence-electron chi connectivity index (χ0n) is 31.6. The fourth-order valence-corrected chi connectivity index (χ4v) is 10.4. The second-order valence-corrected chi connectivity index (χ2v) is 15.7. The first-order valence-corrected chi connectivity index (χ1v) is 18.9. The van der Waals surface area contributed by atoms with Crippen LogP contribution in [0.3, 0.4) is 0 Å². The molecule has 6 nitrogen and oxygen atoms in total. The van der Waals surface area contributed by atoms with Crippen LogP contribution in [-0.4, -0.2) is 69.1 Å². The number of ether oxygens (including phenoxy) is 1. The van der Waals surface area contributed by atoms with E-state index in [1.165, 1.54) is 82.6 Å². The van der Waals surface area contributed by atoms with Crippen molar-refractivity contribution in [2.45, 2.75) is 180 Å². The molecule has 3 saturated carbocycles. The van der Waals surface area contributed by atoms with Gasteiger partial charge in [-0.25, -0.2) is 0 Å². The number of hydrogen-bond donors (Lipinski definition) is 2. The molecule has 260 valence electrons. The second-order valence-electron chi connectivity index (χ2n) is 15.7. The van der Waals surface area contributed by atoms with Crippen molar-refractivity contribution in [2.75, 3.05) is 6.61 Å². The first-order chi connectivity index (χ1) is 21.6. The van der Waals surface area contributed by atoms with Gasteiger partial charge in [0.2, 0.25) is 5.78 Å². The fourth-order valence-electron chi connectivity index (χ4n) is 10.4. The van der Waals surface area contributed by atoms with Crippen LogP contribution in [0.25, 0.3) is 0 Å². The summed E-state index contributed by atoms with van der Waals surface area (Å²) in [4.78, 5) is 38.9. The van der Waals surface area contributed by atoms with Gasteiger partial charge in [0.25, 0.3) is 0 Å². The molecule has 46 heavy (non-hydrogen) atoms. The minimum Gasteiger partial charge on any atom is -1.00 e. The monoisotopic (exact) mass is 654 g/mol. The Bertz CT molecular complexity index is 1050. The van der Waals surface area contributed by atoms with Crippen LogP contribution in [0.4, 0.5) is 0 Å². The van der Waals surface area contributed by atoms with Crippen molar-refractivity contribution in [3.63, 3.8) is 0 Å². The molecule has 0 heterocycles. The summed E-state index contributed by atoms with van der Waals surface area (Å²) in [5, 5.41) is 21.8. The zero-order chi connectivity index (χ0) is 32.5. The first kappa shape index (κ1) is 39.7. The molecule has 0 unspecified atom stereocenters. The summed E-state index contributed by atoms with van der Waals surface area (Å²) in [5.41, 5.74) is -1.15. The predicted octanol–water partition coefficient (Wildman–Crippen LogP) is 8.44. The number of carbonyl (C=O) groups is 3. The maximum absolute atomic E-state index is 13.5. The molecule has 4 aliphatic rings. The number of rotatable bonds is 19. The molecule has 0 spiro atoms. The summed E-state index contributed by atoms with van der Waals surface area (Å²) in [5.74, 6) is -0.247. The van der Waals surface area contributed by atoms with E-state index in [0.717, 1.165) is 44.9 Å². The zero-order valence-corrected chi connectivity index (χ0v) is 31.0. The van der Waals surface area contributed by atoms with Crippen LogP contribution in [-0.2, 0) is 19.1 Å². The van der Waals surface area contributed by atoms with Crippen LogP contribution in [0.15, 0.2) is 11.6 Å². The van der Waals surface area contributed by atoms with Gasteiger partial charge in [0.1, 0.15) is 6.61 Å². The Morgan fingerprint density at radius 1 is 0.870 bits per heavy atom. The van der Waals surface area contributed by atoms with E-state index in [-0.39, 0.29) is 67.2 Å². The Hall–Kier alpha value is -0.764. The van der Waals surface area contributed by atoms with Gasteiger partial charge in [-0.15, -0.1) is 0 Å². The van der Waals surface area contributed by atoms with E-state index >= 15 is 0 Å². The molecule has 4 rings (SSSR count). The summed E-state index contributed by atoms with van der Waals surface area (Å²) < 4.78 is 6.20. The van der Waals surface area contributed by atoms with Gasteiger partial charge in [-0.3, -0.25) is 14.4 Å². The molecule has 0 saturated heterocycles. The van der Waals surface area contributed by atoms with E-state index in [1.807, 2.05) is 13.0 Å². The third-order valence-electron chi connectivity index (χ3n) is 12.9. The van der Waals surface area contributed by atoms with Gasteiger partial charge in [0.15, 0.2) is 11.4 Å². The van der Waals surface area contributed by atoms with Crippen LogP contribution in [0.5, 0.6) is 0 Å². The fraction of sp³-hybridized carbons (Fsp3) is 0.872. The van der Waals surface area contributed by atoms with Gasteiger partial charge in [-0.1, -0.05) is 116 Å². The molecule has 7 heteroatoms. The second kappa shape index (κ2) is 18.3. The predicted molar refractivity (Wildman–Crippen MR) is 187 cm³/mol. The average Bonchev–Trinajstić information content (AvgIpc) is 3.30. The number of Topliss-reactive ketones (excluding diaryl/α,β-unsaturated/α-hetero) is 1. The molecule has 0 aromatic rings. The summed E-state index contributed by atoms with van der Waals surface area (Å²) in [6.07, 6.45) is 24.9. The maximum Gasteiger partial charge on any atom is 2.00 e. The van der Waals surface area contributed by atoms with Gasteiger partial charge >= 0.3 is 29.0 Å². The summed E-state index contributed by atoms with van der Waals surface area (Å²) in [6.45, 7) is 5.84. The number of aliphatic hydroxyl groups is 2. The van der Waals surface area contributed by atoms with Gasteiger partial charge in [-0.2, -0.15) is 0 Å². The average molecular weight is 655 g/mol. The van der Waals surface area contributed by atoms with Crippen LogP contribution >= 0.6 is 0 Å². The molecule has 0 aliphatic heterocycles. The summed E-state index contributed by atoms with van der Waals surface area (Å²) in [6, 6.07) is 0. The molecule has 0 radical (unpaired) electrons. The number of carbonyl (C=O) groups excluding carboxylic acids is 3. The first-order valence-electron chi connectivity index (χ1n) is 18.9. The van der Waals surface area contributed by atoms with Crippen molar-refractivity contribution < 1.29 is 32.2 Å². The van der Waals surface area contributed by atoms with Crippen LogP contribution in [0, 0.1) is 28.6 Å². The molecule has 0 bridgehead atoms. The Morgan fingerprint density at radius 3 is 2.00 bits per heavy atom. The van der Waals surface area contributed by atoms with Gasteiger partial charge in [0, 0.05) is 18.3 Å². The maximum atomic E-state index is 13.5. The number of hydrogen-bond acceptors (Lipinski definition) is 6. The molecule has 3 fully saturated rings. The number of fused-ring (bicyclic) bond motifs is 5. The quantitative estimate of drug-likeness (QED) is 0.0824. The van der Waals surface area contributed by atoms with Gasteiger partial charge < -0.3 is 17.8 Å². The molecular weight excluding hydrogens is 589 g/mol. The third-order valence-corrected chi connectivity index (χ3v) is 12.9. The van der Waals surface area contributed by atoms with E-state index in [1.54, 1.807) is 0 Å². The van der Waals surface area contributed by atoms with Crippen LogP contribution in [0.1, 0.15) is 171 Å². The standard InChI is InChI=1S/C39H64O6.Mg.2H/c1-4-5-6-7-8-9-10-11-12-13-14-15-16-17-18-19-35(44)45-39(34(43)28-40)25-23-32-31-21-20-29-26-30(41)22-24-37(29,2)36(31)33(42)27-38(32,39)3;;;/h26,31-33,36,40,42H,4-25,27-28H2,1-3H3;;;/q;+2;2*-1/t31-,32-,33-,36+,37-,38-,39-;;;/m0.../s1. The minimum atomic E-state index is -1.38.